The molecular formula is C16H24N2O3. The topological polar surface area (TPSA) is 81.4 Å². The van der Waals surface area contributed by atoms with E-state index in [2.05, 4.69) is 5.32 Å². The molecule has 0 aliphatic carbocycles. The summed E-state index contributed by atoms with van der Waals surface area (Å²) >= 11 is 0. The molecule has 0 bridgehead atoms. The second kappa shape index (κ2) is 6.16. The van der Waals surface area contributed by atoms with Gasteiger partial charge < -0.3 is 15.8 Å². The molecule has 2 amide bonds. The first kappa shape index (κ1) is 17.0. The van der Waals surface area contributed by atoms with E-state index in [1.54, 1.807) is 45.0 Å². The van der Waals surface area contributed by atoms with E-state index in [0.717, 1.165) is 0 Å². The molecule has 1 atom stereocenters. The Balaban J connectivity index is 3.21. The summed E-state index contributed by atoms with van der Waals surface area (Å²) in [4.78, 5) is 24.2. The van der Waals surface area contributed by atoms with E-state index in [0.29, 0.717) is 5.56 Å². The molecule has 1 aromatic carbocycles. The maximum atomic E-state index is 12.1. The van der Waals surface area contributed by atoms with Crippen molar-refractivity contribution in [3.8, 4) is 0 Å². The van der Waals surface area contributed by atoms with Gasteiger partial charge >= 0.3 is 6.09 Å². The number of ether oxygens (including phenoxy) is 1. The van der Waals surface area contributed by atoms with Gasteiger partial charge in [0.05, 0.1) is 0 Å². The van der Waals surface area contributed by atoms with Gasteiger partial charge in [-0.2, -0.15) is 0 Å². The minimum atomic E-state index is -1.30. The van der Waals surface area contributed by atoms with Gasteiger partial charge in [0.2, 0.25) is 5.91 Å². The van der Waals surface area contributed by atoms with Gasteiger partial charge in [0.25, 0.3) is 0 Å². The molecule has 0 aliphatic rings. The van der Waals surface area contributed by atoms with Gasteiger partial charge in [0, 0.05) is 0 Å². The summed E-state index contributed by atoms with van der Waals surface area (Å²) in [5.41, 5.74) is 4.29. The third-order valence-electron chi connectivity index (χ3n) is 3.18. The van der Waals surface area contributed by atoms with Crippen molar-refractivity contribution in [2.24, 2.45) is 11.7 Å². The van der Waals surface area contributed by atoms with Crippen molar-refractivity contribution in [1.82, 2.24) is 5.32 Å². The zero-order valence-electron chi connectivity index (χ0n) is 13.3. The van der Waals surface area contributed by atoms with Gasteiger partial charge in [-0.25, -0.2) is 4.79 Å². The van der Waals surface area contributed by atoms with Crippen molar-refractivity contribution in [1.29, 1.82) is 0 Å². The Kier molecular flexibility index (Phi) is 4.99. The number of alkyl carbamates (subject to hydrolysis) is 1. The summed E-state index contributed by atoms with van der Waals surface area (Å²) in [5, 5.41) is 2.67. The number of primary amides is 1. The third-order valence-corrected chi connectivity index (χ3v) is 3.18. The van der Waals surface area contributed by atoms with E-state index in [1.165, 1.54) is 0 Å². The monoisotopic (exact) mass is 292 g/mol. The van der Waals surface area contributed by atoms with Crippen LogP contribution < -0.4 is 11.1 Å². The second-order valence-corrected chi connectivity index (χ2v) is 6.32. The van der Waals surface area contributed by atoms with Gasteiger partial charge in [-0.15, -0.1) is 0 Å². The van der Waals surface area contributed by atoms with E-state index >= 15 is 0 Å². The minimum absolute atomic E-state index is 0.232. The predicted molar refractivity (Wildman–Crippen MR) is 81.5 cm³/mol. The smallest absolute Gasteiger partial charge is 0.408 e. The van der Waals surface area contributed by atoms with E-state index in [-0.39, 0.29) is 5.92 Å². The van der Waals surface area contributed by atoms with Crippen LogP contribution in [0.3, 0.4) is 0 Å². The number of benzene rings is 1. The molecule has 1 unspecified atom stereocenters. The zero-order valence-corrected chi connectivity index (χ0v) is 13.3. The summed E-state index contributed by atoms with van der Waals surface area (Å²) in [6.07, 6.45) is -0.668. The second-order valence-electron chi connectivity index (χ2n) is 6.32. The minimum Gasteiger partial charge on any atom is -0.444 e. The van der Waals surface area contributed by atoms with E-state index < -0.39 is 23.1 Å². The van der Waals surface area contributed by atoms with Crippen LogP contribution in [-0.2, 0) is 15.1 Å². The van der Waals surface area contributed by atoms with Gasteiger partial charge in [0.15, 0.2) is 0 Å². The van der Waals surface area contributed by atoms with E-state index in [9.17, 15) is 9.59 Å². The van der Waals surface area contributed by atoms with Gasteiger partial charge in [-0.3, -0.25) is 4.79 Å². The molecular weight excluding hydrogens is 268 g/mol. The third kappa shape index (κ3) is 3.97. The molecule has 1 rings (SSSR count). The molecule has 0 fully saturated rings. The van der Waals surface area contributed by atoms with Crippen LogP contribution in [0.15, 0.2) is 30.3 Å². The predicted octanol–water partition coefficient (Wildman–Crippen LogP) is 2.55. The molecule has 1 aromatic rings. The quantitative estimate of drug-likeness (QED) is 0.894. The molecule has 5 nitrogen and oxygen atoms in total. The molecule has 116 valence electrons. The number of carbonyl (C=O) groups excluding carboxylic acids is 2. The standard InChI is InChI=1S/C16H24N2O3/c1-11(2)16(13(17)19,12-9-7-6-8-10-12)18-14(20)21-15(3,4)5/h6-11H,1-5H3,(H2,17,19)(H,18,20). The summed E-state index contributed by atoms with van der Waals surface area (Å²) < 4.78 is 5.26. The lowest BCUT2D eigenvalue weighted by Crippen LogP contribution is -2.58. The van der Waals surface area contributed by atoms with Crippen molar-refractivity contribution in [3.63, 3.8) is 0 Å². The lowest BCUT2D eigenvalue weighted by molar-refractivity contribution is -0.126. The number of hydrogen-bond acceptors (Lipinski definition) is 3. The van der Waals surface area contributed by atoms with Crippen molar-refractivity contribution in [2.45, 2.75) is 45.8 Å². The Morgan fingerprint density at radius 3 is 2.05 bits per heavy atom. The Morgan fingerprint density at radius 1 is 1.14 bits per heavy atom. The van der Waals surface area contributed by atoms with Crippen molar-refractivity contribution < 1.29 is 14.3 Å². The van der Waals surface area contributed by atoms with Crippen LogP contribution in [0.5, 0.6) is 0 Å². The molecule has 0 radical (unpaired) electrons. The van der Waals surface area contributed by atoms with Crippen LogP contribution in [0.25, 0.3) is 0 Å². The lowest BCUT2D eigenvalue weighted by Gasteiger charge is -2.36. The molecule has 0 aliphatic heterocycles. The fourth-order valence-electron chi connectivity index (χ4n) is 2.20. The highest BCUT2D eigenvalue weighted by atomic mass is 16.6. The lowest BCUT2D eigenvalue weighted by atomic mass is 9.79. The summed E-state index contributed by atoms with van der Waals surface area (Å²) in [7, 11) is 0. The fourth-order valence-corrected chi connectivity index (χ4v) is 2.20. The zero-order chi connectivity index (χ0) is 16.3. The number of nitrogens with one attached hydrogen (secondary N) is 1. The first-order valence-electron chi connectivity index (χ1n) is 6.96. The Hall–Kier alpha value is -2.04. The Labute approximate surface area is 125 Å². The van der Waals surface area contributed by atoms with Crippen LogP contribution in [-0.4, -0.2) is 17.6 Å². The highest BCUT2D eigenvalue weighted by Crippen LogP contribution is 2.30. The van der Waals surface area contributed by atoms with Crippen LogP contribution in [0.2, 0.25) is 0 Å². The molecule has 21 heavy (non-hydrogen) atoms. The van der Waals surface area contributed by atoms with Gasteiger partial charge in [-0.1, -0.05) is 44.2 Å². The summed E-state index contributed by atoms with van der Waals surface area (Å²) in [6, 6.07) is 8.96. The van der Waals surface area contributed by atoms with Crippen LogP contribution in [0.4, 0.5) is 4.79 Å². The fraction of sp³-hybridized carbons (Fsp3) is 0.500. The average molecular weight is 292 g/mol. The van der Waals surface area contributed by atoms with Crippen molar-refractivity contribution >= 4 is 12.0 Å². The normalized spacial score (nSPS) is 14.4. The Bertz CT molecular complexity index is 506. The van der Waals surface area contributed by atoms with E-state index in [1.807, 2.05) is 19.9 Å². The molecule has 5 heteroatoms. The number of hydrogen-bond donors (Lipinski definition) is 2. The number of carbonyl (C=O) groups is 2. The number of nitrogens with two attached hydrogens (primary N) is 1. The SMILES string of the molecule is CC(C)C(NC(=O)OC(C)(C)C)(C(N)=O)c1ccccc1. The first-order valence-corrected chi connectivity index (χ1v) is 6.96. The average Bonchev–Trinajstić information content (AvgIpc) is 2.34. The molecule has 0 heterocycles. The van der Waals surface area contributed by atoms with E-state index in [4.69, 9.17) is 10.5 Å². The molecule has 0 saturated heterocycles. The first-order chi connectivity index (χ1) is 9.59. The summed E-state index contributed by atoms with van der Waals surface area (Å²) in [6.45, 7) is 8.94. The maximum absolute atomic E-state index is 12.1. The number of rotatable bonds is 4. The molecule has 0 saturated carbocycles. The maximum Gasteiger partial charge on any atom is 0.408 e. The summed E-state index contributed by atoms with van der Waals surface area (Å²) in [5.74, 6) is -0.848. The van der Waals surface area contributed by atoms with Crippen molar-refractivity contribution in [3.05, 3.63) is 35.9 Å². The number of amides is 2. The highest BCUT2D eigenvalue weighted by molar-refractivity contribution is 5.90. The van der Waals surface area contributed by atoms with Crippen LogP contribution >= 0.6 is 0 Å². The van der Waals surface area contributed by atoms with Gasteiger partial charge in [0.1, 0.15) is 11.1 Å². The van der Waals surface area contributed by atoms with Crippen LogP contribution in [0.1, 0.15) is 40.2 Å². The van der Waals surface area contributed by atoms with Crippen molar-refractivity contribution in [2.75, 3.05) is 0 Å². The molecule has 0 spiro atoms. The molecule has 0 aromatic heterocycles. The largest absolute Gasteiger partial charge is 0.444 e. The highest BCUT2D eigenvalue weighted by Gasteiger charge is 2.44. The van der Waals surface area contributed by atoms with Crippen LogP contribution in [0, 0.1) is 5.92 Å². The Morgan fingerprint density at radius 2 is 1.67 bits per heavy atom. The molecule has 3 N–H and O–H groups in total. The van der Waals surface area contributed by atoms with Gasteiger partial charge in [-0.05, 0) is 32.3 Å².